The third kappa shape index (κ3) is 5.21. The smallest absolute Gasteiger partial charge is 0.272 e. The second kappa shape index (κ2) is 8.68. The number of aryl methyl sites for hydroxylation is 2. The number of nitrogens with one attached hydrogen (secondary N) is 2. The van der Waals surface area contributed by atoms with Gasteiger partial charge in [-0.3, -0.25) is 10.2 Å². The van der Waals surface area contributed by atoms with Crippen LogP contribution in [0.25, 0.3) is 0 Å². The highest BCUT2D eigenvalue weighted by molar-refractivity contribution is 7.89. The topological polar surface area (TPSA) is 93.7 Å². The quantitative estimate of drug-likeness (QED) is 0.686. The molecule has 0 aliphatic carbocycles. The van der Waals surface area contributed by atoms with Crippen LogP contribution >= 0.6 is 0 Å². The maximum atomic E-state index is 12.2. The van der Waals surface area contributed by atoms with E-state index < -0.39 is 15.9 Å². The first-order valence-corrected chi connectivity index (χ1v) is 9.54. The number of carbonyl (C=O) groups excluding carboxylic acids is 1. The largest absolute Gasteiger partial charge is 0.494 e. The molecule has 2 N–H and O–H groups in total. The van der Waals surface area contributed by atoms with Crippen molar-refractivity contribution in [3.05, 3.63) is 53.6 Å². The van der Waals surface area contributed by atoms with Gasteiger partial charge in [-0.15, -0.1) is 4.83 Å². The van der Waals surface area contributed by atoms with E-state index in [1.54, 1.807) is 12.1 Å². The zero-order chi connectivity index (χ0) is 19.2. The van der Waals surface area contributed by atoms with Crippen LogP contribution in [0, 0.1) is 13.8 Å². The van der Waals surface area contributed by atoms with Gasteiger partial charge in [-0.2, -0.15) is 0 Å². The standard InChI is InChI=1S/C18H22N2O5S/c1-4-24-15-8-10-16(11-9-15)26(22,23)20-19-17(21)12-25-18-13(2)6-5-7-14(18)3/h5-11,20H,4,12H2,1-3H3,(H,19,21). The summed E-state index contributed by atoms with van der Waals surface area (Å²) in [5, 5.41) is 0. The summed E-state index contributed by atoms with van der Waals surface area (Å²) in [7, 11) is -3.88. The monoisotopic (exact) mass is 378 g/mol. The highest BCUT2D eigenvalue weighted by Crippen LogP contribution is 2.22. The molecular formula is C18H22N2O5S. The molecule has 2 aromatic rings. The Morgan fingerprint density at radius 3 is 2.19 bits per heavy atom. The van der Waals surface area contributed by atoms with Crippen molar-refractivity contribution in [1.82, 2.24) is 10.3 Å². The number of amides is 1. The molecular weight excluding hydrogens is 356 g/mol. The van der Waals surface area contributed by atoms with E-state index in [2.05, 4.69) is 5.43 Å². The molecule has 0 bridgehead atoms. The van der Waals surface area contributed by atoms with Crippen LogP contribution < -0.4 is 19.7 Å². The number of para-hydroxylation sites is 1. The van der Waals surface area contributed by atoms with Crippen molar-refractivity contribution in [1.29, 1.82) is 0 Å². The summed E-state index contributed by atoms with van der Waals surface area (Å²) in [5.41, 5.74) is 3.93. The minimum absolute atomic E-state index is 0.0110. The van der Waals surface area contributed by atoms with Crippen LogP contribution in [0.4, 0.5) is 0 Å². The molecule has 0 saturated carbocycles. The third-order valence-electron chi connectivity index (χ3n) is 3.53. The molecule has 0 spiro atoms. The second-order valence-electron chi connectivity index (χ2n) is 5.57. The molecule has 7 nitrogen and oxygen atoms in total. The van der Waals surface area contributed by atoms with E-state index in [0.29, 0.717) is 18.1 Å². The van der Waals surface area contributed by atoms with Gasteiger partial charge in [0.05, 0.1) is 11.5 Å². The predicted molar refractivity (Wildman–Crippen MR) is 97.5 cm³/mol. The summed E-state index contributed by atoms with van der Waals surface area (Å²) in [6.07, 6.45) is 0. The van der Waals surface area contributed by atoms with E-state index in [-0.39, 0.29) is 11.5 Å². The van der Waals surface area contributed by atoms with Crippen molar-refractivity contribution in [2.45, 2.75) is 25.7 Å². The van der Waals surface area contributed by atoms with E-state index >= 15 is 0 Å². The molecule has 8 heteroatoms. The Morgan fingerprint density at radius 1 is 1.00 bits per heavy atom. The number of hydrogen-bond acceptors (Lipinski definition) is 5. The van der Waals surface area contributed by atoms with Crippen molar-refractivity contribution in [3.63, 3.8) is 0 Å². The van der Waals surface area contributed by atoms with Crippen LogP contribution in [0.3, 0.4) is 0 Å². The molecule has 0 radical (unpaired) electrons. The van der Waals surface area contributed by atoms with E-state index in [1.165, 1.54) is 12.1 Å². The lowest BCUT2D eigenvalue weighted by Gasteiger charge is -2.12. The first-order chi connectivity index (χ1) is 12.3. The molecule has 2 aromatic carbocycles. The fourth-order valence-corrected chi connectivity index (χ4v) is 3.13. The van der Waals surface area contributed by atoms with Crippen LogP contribution in [-0.2, 0) is 14.8 Å². The lowest BCUT2D eigenvalue weighted by Crippen LogP contribution is -2.43. The zero-order valence-corrected chi connectivity index (χ0v) is 15.7. The van der Waals surface area contributed by atoms with Crippen molar-refractivity contribution < 1.29 is 22.7 Å². The van der Waals surface area contributed by atoms with Crippen LogP contribution in [0.1, 0.15) is 18.1 Å². The molecule has 0 fully saturated rings. The number of rotatable bonds is 8. The minimum Gasteiger partial charge on any atom is -0.494 e. The second-order valence-corrected chi connectivity index (χ2v) is 7.25. The van der Waals surface area contributed by atoms with Gasteiger partial charge in [0.25, 0.3) is 15.9 Å². The van der Waals surface area contributed by atoms with Crippen LogP contribution in [0.5, 0.6) is 11.5 Å². The normalized spacial score (nSPS) is 11.0. The van der Waals surface area contributed by atoms with Gasteiger partial charge in [0.1, 0.15) is 11.5 Å². The lowest BCUT2D eigenvalue weighted by molar-refractivity contribution is -0.123. The summed E-state index contributed by atoms with van der Waals surface area (Å²) < 4.78 is 35.1. The zero-order valence-electron chi connectivity index (χ0n) is 14.9. The van der Waals surface area contributed by atoms with Gasteiger partial charge in [0.15, 0.2) is 6.61 Å². The highest BCUT2D eigenvalue weighted by atomic mass is 32.2. The first-order valence-electron chi connectivity index (χ1n) is 8.06. The number of benzene rings is 2. The maximum absolute atomic E-state index is 12.2. The van der Waals surface area contributed by atoms with Gasteiger partial charge >= 0.3 is 0 Å². The summed E-state index contributed by atoms with van der Waals surface area (Å²) in [6, 6.07) is 11.5. The fraction of sp³-hybridized carbons (Fsp3) is 0.278. The van der Waals surface area contributed by atoms with Crippen LogP contribution in [0.2, 0.25) is 0 Å². The predicted octanol–water partition coefficient (Wildman–Crippen LogP) is 2.09. The summed E-state index contributed by atoms with van der Waals surface area (Å²) in [5.74, 6) is 0.566. The number of hydrazine groups is 1. The number of ether oxygens (including phenoxy) is 2. The first kappa shape index (κ1) is 19.7. The Kier molecular flexibility index (Phi) is 6.59. The molecule has 140 valence electrons. The molecule has 1 amide bonds. The molecule has 0 saturated heterocycles. The summed E-state index contributed by atoms with van der Waals surface area (Å²) in [4.78, 5) is 13.9. The molecule has 0 unspecified atom stereocenters. The van der Waals surface area contributed by atoms with Crippen molar-refractivity contribution in [2.24, 2.45) is 0 Å². The third-order valence-corrected chi connectivity index (χ3v) is 4.79. The van der Waals surface area contributed by atoms with E-state index in [9.17, 15) is 13.2 Å². The Morgan fingerprint density at radius 2 is 1.62 bits per heavy atom. The Hall–Kier alpha value is -2.58. The van der Waals surface area contributed by atoms with Crippen molar-refractivity contribution in [3.8, 4) is 11.5 Å². The van der Waals surface area contributed by atoms with Crippen molar-refractivity contribution >= 4 is 15.9 Å². The summed E-state index contributed by atoms with van der Waals surface area (Å²) >= 11 is 0. The van der Waals surface area contributed by atoms with Gasteiger partial charge in [0, 0.05) is 0 Å². The van der Waals surface area contributed by atoms with Gasteiger partial charge in [0.2, 0.25) is 0 Å². The van der Waals surface area contributed by atoms with Crippen molar-refractivity contribution in [2.75, 3.05) is 13.2 Å². The molecule has 0 atom stereocenters. The van der Waals surface area contributed by atoms with Crippen LogP contribution in [0.15, 0.2) is 47.4 Å². The Balaban J connectivity index is 1.91. The van der Waals surface area contributed by atoms with Gasteiger partial charge in [-0.1, -0.05) is 18.2 Å². The van der Waals surface area contributed by atoms with Gasteiger partial charge in [-0.05, 0) is 56.2 Å². The highest BCUT2D eigenvalue weighted by Gasteiger charge is 2.15. The van der Waals surface area contributed by atoms with Gasteiger partial charge < -0.3 is 9.47 Å². The molecule has 2 rings (SSSR count). The fourth-order valence-electron chi connectivity index (χ4n) is 2.27. The number of carbonyl (C=O) groups is 1. The lowest BCUT2D eigenvalue weighted by atomic mass is 10.1. The summed E-state index contributed by atoms with van der Waals surface area (Å²) in [6.45, 7) is 5.75. The Bertz CT molecular complexity index is 843. The van der Waals surface area contributed by atoms with Crippen LogP contribution in [-0.4, -0.2) is 27.5 Å². The number of sulfonamides is 1. The minimum atomic E-state index is -3.88. The molecule has 0 aliphatic heterocycles. The molecule has 26 heavy (non-hydrogen) atoms. The van der Waals surface area contributed by atoms with Gasteiger partial charge in [-0.25, -0.2) is 8.42 Å². The average Bonchev–Trinajstić information content (AvgIpc) is 2.60. The maximum Gasteiger partial charge on any atom is 0.272 e. The van der Waals surface area contributed by atoms with E-state index in [4.69, 9.17) is 9.47 Å². The molecule has 0 heterocycles. The van der Waals surface area contributed by atoms with E-state index in [0.717, 1.165) is 11.1 Å². The average molecular weight is 378 g/mol. The van der Waals surface area contributed by atoms with E-state index in [1.807, 2.05) is 43.8 Å². The number of hydrogen-bond donors (Lipinski definition) is 2. The Labute approximate surface area is 153 Å². The SMILES string of the molecule is CCOc1ccc(S(=O)(=O)NNC(=O)COc2c(C)cccc2C)cc1. The molecule has 0 aliphatic rings. The molecule has 0 aromatic heterocycles.